The maximum absolute atomic E-state index is 11.1. The van der Waals surface area contributed by atoms with Crippen molar-refractivity contribution in [3.8, 4) is 23.5 Å². The molecule has 0 radical (unpaired) electrons. The molecule has 0 atom stereocenters. The van der Waals surface area contributed by atoms with Crippen molar-refractivity contribution in [2.24, 2.45) is 0 Å². The van der Waals surface area contributed by atoms with Gasteiger partial charge in [0.05, 0.1) is 45.0 Å². The maximum Gasteiger partial charge on any atom is 0.179 e. The van der Waals surface area contributed by atoms with Gasteiger partial charge in [0, 0.05) is 38.2 Å². The van der Waals surface area contributed by atoms with Crippen molar-refractivity contribution in [3.63, 3.8) is 0 Å². The highest BCUT2D eigenvalue weighted by atomic mass is 28.3. The van der Waals surface area contributed by atoms with Crippen molar-refractivity contribution in [3.05, 3.63) is 223 Å². The fourth-order valence-electron chi connectivity index (χ4n) is 10.3. The van der Waals surface area contributed by atoms with Gasteiger partial charge < -0.3 is 13.6 Å². The molecule has 63 heavy (non-hydrogen) atoms. The molecule has 0 spiro atoms. The number of allylic oxidation sites excluding steroid dienone is 3. The SMILES string of the molecule is N#Cc1ccc2c(c1)c1ccccc1n2-c1ccc([Si](c2ccccc2)(c2ccccc2)c2ccc(-n3c4ccccc4c4cc5oc6c(c5cc43)CC=CC=C6)cc2)cc1C#N. The number of hydrogen-bond acceptors (Lipinski definition) is 3. The monoisotopic (exact) mass is 820 g/mol. The van der Waals surface area contributed by atoms with Gasteiger partial charge in [0.15, 0.2) is 8.07 Å². The number of rotatable bonds is 6. The van der Waals surface area contributed by atoms with Gasteiger partial charge in [-0.15, -0.1) is 0 Å². The zero-order valence-electron chi connectivity index (χ0n) is 34.0. The first-order valence-corrected chi connectivity index (χ1v) is 23.2. The Balaban J connectivity index is 1.08. The largest absolute Gasteiger partial charge is 0.456 e. The molecule has 0 aliphatic heterocycles. The topological polar surface area (TPSA) is 70.6 Å². The van der Waals surface area contributed by atoms with Crippen molar-refractivity contribution in [2.45, 2.75) is 6.42 Å². The van der Waals surface area contributed by atoms with E-state index < -0.39 is 8.07 Å². The standard InChI is InChI=1S/C57H36N4OSi/c58-36-38-24-30-54-48(32-38)45-18-11-13-22-53(45)61(54)51-31-29-44(33-39(51)37-59)63(41-14-4-1-5-15-41,42-16-6-2-7-17-42)43-27-25-40(26-28-43)60-52-21-12-10-19-46(52)49-35-57-50(34-55(49)60)47-20-8-3-9-23-56(47)62-57/h1-19,21-35H,20H2. The van der Waals surface area contributed by atoms with Gasteiger partial charge in [-0.05, 0) is 100.0 Å². The van der Waals surface area contributed by atoms with Crippen molar-refractivity contribution >= 4 is 89.5 Å². The molecule has 3 heterocycles. The minimum atomic E-state index is -3.07. The van der Waals surface area contributed by atoms with Crippen LogP contribution < -0.4 is 20.7 Å². The summed E-state index contributed by atoms with van der Waals surface area (Å²) in [7, 11) is -3.07. The van der Waals surface area contributed by atoms with Crippen LogP contribution in [0.1, 0.15) is 22.5 Å². The van der Waals surface area contributed by atoms with Crippen LogP contribution in [-0.2, 0) is 6.42 Å². The van der Waals surface area contributed by atoms with E-state index in [2.05, 4.69) is 191 Å². The van der Waals surface area contributed by atoms with Gasteiger partial charge in [0.1, 0.15) is 17.4 Å². The van der Waals surface area contributed by atoms with E-state index in [1.165, 1.54) is 26.5 Å². The number of nitrogens with zero attached hydrogens (tertiary/aromatic N) is 4. The fraction of sp³-hybridized carbons (Fsp3) is 0.0175. The summed E-state index contributed by atoms with van der Waals surface area (Å²) in [6.07, 6.45) is 9.20. The molecule has 6 heteroatoms. The molecule has 1 aliphatic carbocycles. The zero-order valence-corrected chi connectivity index (χ0v) is 35.0. The number of hydrogen-bond donors (Lipinski definition) is 0. The fourth-order valence-corrected chi connectivity index (χ4v) is 15.0. The normalized spacial score (nSPS) is 12.5. The minimum Gasteiger partial charge on any atom is -0.456 e. The Morgan fingerprint density at radius 3 is 1.79 bits per heavy atom. The van der Waals surface area contributed by atoms with E-state index in [1.54, 1.807) is 0 Å². The van der Waals surface area contributed by atoms with E-state index in [0.717, 1.165) is 77.9 Å². The second-order valence-electron chi connectivity index (χ2n) is 16.2. The van der Waals surface area contributed by atoms with Crippen LogP contribution >= 0.6 is 0 Å². The molecule has 0 N–H and O–H groups in total. The van der Waals surface area contributed by atoms with Crippen molar-refractivity contribution < 1.29 is 4.42 Å². The summed E-state index contributed by atoms with van der Waals surface area (Å²) < 4.78 is 11.0. The Morgan fingerprint density at radius 2 is 1.10 bits per heavy atom. The van der Waals surface area contributed by atoms with Gasteiger partial charge in [0.25, 0.3) is 0 Å². The summed E-state index contributed by atoms with van der Waals surface area (Å²) in [5.74, 6) is 0.919. The molecule has 0 fully saturated rings. The third-order valence-corrected chi connectivity index (χ3v) is 17.8. The Hall–Kier alpha value is -8.42. The molecular formula is C57H36N4OSi. The van der Waals surface area contributed by atoms with Crippen LogP contribution in [0, 0.1) is 22.7 Å². The molecular weight excluding hydrogens is 785 g/mol. The lowest BCUT2D eigenvalue weighted by Gasteiger charge is -2.35. The number of aromatic nitrogens is 2. The predicted octanol–water partition coefficient (Wildman–Crippen LogP) is 10.9. The second kappa shape index (κ2) is 14.4. The first-order valence-electron chi connectivity index (χ1n) is 21.2. The van der Waals surface area contributed by atoms with Gasteiger partial charge in [-0.25, -0.2) is 0 Å². The van der Waals surface area contributed by atoms with Crippen LogP contribution in [0.4, 0.5) is 0 Å². The Kier molecular flexibility index (Phi) is 8.30. The molecule has 12 rings (SSSR count). The quantitative estimate of drug-likeness (QED) is 0.124. The molecule has 8 aromatic carbocycles. The molecule has 5 nitrogen and oxygen atoms in total. The van der Waals surface area contributed by atoms with Gasteiger partial charge >= 0.3 is 0 Å². The summed E-state index contributed by atoms with van der Waals surface area (Å²) in [4.78, 5) is 0. The third-order valence-electron chi connectivity index (χ3n) is 13.0. The predicted molar refractivity (Wildman–Crippen MR) is 260 cm³/mol. The van der Waals surface area contributed by atoms with Gasteiger partial charge in [-0.1, -0.05) is 133 Å². The first-order chi connectivity index (χ1) is 31.1. The Bertz CT molecular complexity index is 3740. The summed E-state index contributed by atoms with van der Waals surface area (Å²) in [5, 5.41) is 31.1. The van der Waals surface area contributed by atoms with Gasteiger partial charge in [-0.2, -0.15) is 10.5 Å². The summed E-state index contributed by atoms with van der Waals surface area (Å²) in [5.41, 5.74) is 9.38. The van der Waals surface area contributed by atoms with Crippen molar-refractivity contribution in [1.82, 2.24) is 9.13 Å². The van der Waals surface area contributed by atoms with Crippen LogP contribution in [0.25, 0.3) is 72.0 Å². The third kappa shape index (κ3) is 5.46. The van der Waals surface area contributed by atoms with E-state index in [0.29, 0.717) is 11.1 Å². The van der Waals surface area contributed by atoms with E-state index in [9.17, 15) is 10.5 Å². The number of fused-ring (bicyclic) bond motifs is 9. The van der Waals surface area contributed by atoms with Crippen molar-refractivity contribution in [1.29, 1.82) is 10.5 Å². The average molecular weight is 821 g/mol. The summed E-state index contributed by atoms with van der Waals surface area (Å²) >= 11 is 0. The molecule has 0 unspecified atom stereocenters. The van der Waals surface area contributed by atoms with Crippen LogP contribution in [0.2, 0.25) is 0 Å². The summed E-state index contributed by atoms with van der Waals surface area (Å²) in [6.45, 7) is 0. The van der Waals surface area contributed by atoms with Crippen LogP contribution in [0.3, 0.4) is 0 Å². The molecule has 294 valence electrons. The zero-order chi connectivity index (χ0) is 42.1. The smallest absolute Gasteiger partial charge is 0.179 e. The highest BCUT2D eigenvalue weighted by molar-refractivity contribution is 7.19. The molecule has 1 aliphatic rings. The summed E-state index contributed by atoms with van der Waals surface area (Å²) in [6, 6.07) is 69.5. The molecule has 0 saturated carbocycles. The molecule has 0 bridgehead atoms. The lowest BCUT2D eigenvalue weighted by Crippen LogP contribution is -2.74. The highest BCUT2D eigenvalue weighted by Gasteiger charge is 2.42. The van der Waals surface area contributed by atoms with Crippen LogP contribution in [-0.4, -0.2) is 17.2 Å². The van der Waals surface area contributed by atoms with Gasteiger partial charge in [-0.3, -0.25) is 0 Å². The molecule has 0 amide bonds. The Labute approximate surface area is 364 Å². The van der Waals surface area contributed by atoms with Crippen molar-refractivity contribution in [2.75, 3.05) is 0 Å². The first kappa shape index (κ1) is 36.4. The minimum absolute atomic E-state index is 0.583. The van der Waals surface area contributed by atoms with Crippen LogP contribution in [0.5, 0.6) is 0 Å². The van der Waals surface area contributed by atoms with E-state index in [1.807, 2.05) is 36.4 Å². The molecule has 3 aromatic heterocycles. The lowest BCUT2D eigenvalue weighted by atomic mass is 10.1. The number of para-hydroxylation sites is 2. The average Bonchev–Trinajstić information content (AvgIpc) is 3.90. The highest BCUT2D eigenvalue weighted by Crippen LogP contribution is 2.39. The lowest BCUT2D eigenvalue weighted by molar-refractivity contribution is 0.600. The van der Waals surface area contributed by atoms with E-state index >= 15 is 0 Å². The van der Waals surface area contributed by atoms with Crippen LogP contribution in [0.15, 0.2) is 205 Å². The molecule has 11 aromatic rings. The van der Waals surface area contributed by atoms with E-state index in [-0.39, 0.29) is 0 Å². The Morgan fingerprint density at radius 1 is 0.476 bits per heavy atom. The van der Waals surface area contributed by atoms with Gasteiger partial charge in [0.2, 0.25) is 0 Å². The maximum atomic E-state index is 11.1. The number of benzene rings is 8. The number of nitriles is 2. The second-order valence-corrected chi connectivity index (χ2v) is 20.0. The molecule has 0 saturated heterocycles. The number of furan rings is 1. The van der Waals surface area contributed by atoms with E-state index in [4.69, 9.17) is 4.42 Å².